The second-order valence-electron chi connectivity index (χ2n) is 6.27. The number of hydrogen-bond donors (Lipinski definition) is 1. The Kier molecular flexibility index (Phi) is 5.29. The van der Waals surface area contributed by atoms with E-state index in [0.717, 1.165) is 45.7 Å². The Morgan fingerprint density at radius 3 is 2.40 bits per heavy atom. The molecule has 0 aromatic rings. The second-order valence-corrected chi connectivity index (χ2v) is 6.27. The molecular formula is C15H28N2O3. The standard InChI is InChI=1S/C15H28N2O3/c18-12-14-4-2-7-17(14)11-13-3-1-6-16(13)8-5-15-19-9-10-20-15/h13-15,18H,1-12H2. The van der Waals surface area contributed by atoms with E-state index in [9.17, 15) is 5.11 Å². The normalized spacial score (nSPS) is 33.5. The number of aliphatic hydroxyl groups is 1. The Morgan fingerprint density at radius 1 is 0.950 bits per heavy atom. The molecule has 20 heavy (non-hydrogen) atoms. The van der Waals surface area contributed by atoms with Crippen LogP contribution in [-0.2, 0) is 9.47 Å². The summed E-state index contributed by atoms with van der Waals surface area (Å²) >= 11 is 0. The largest absolute Gasteiger partial charge is 0.395 e. The zero-order valence-corrected chi connectivity index (χ0v) is 12.4. The average Bonchev–Trinajstić information content (AvgIpc) is 3.19. The van der Waals surface area contributed by atoms with E-state index < -0.39 is 0 Å². The second kappa shape index (κ2) is 7.18. The Hall–Kier alpha value is -0.200. The van der Waals surface area contributed by atoms with Gasteiger partial charge < -0.3 is 14.6 Å². The SMILES string of the molecule is OCC1CCCN1CC1CCCN1CCC1OCCO1. The lowest BCUT2D eigenvalue weighted by Crippen LogP contribution is -2.44. The Bertz CT molecular complexity index is 297. The molecule has 3 aliphatic rings. The molecule has 2 unspecified atom stereocenters. The van der Waals surface area contributed by atoms with E-state index in [1.165, 1.54) is 25.8 Å². The minimum absolute atomic E-state index is 0.0215. The highest BCUT2D eigenvalue weighted by Crippen LogP contribution is 2.24. The molecule has 0 aromatic heterocycles. The molecule has 0 amide bonds. The maximum atomic E-state index is 9.43. The van der Waals surface area contributed by atoms with Crippen LogP contribution in [0.2, 0.25) is 0 Å². The lowest BCUT2D eigenvalue weighted by molar-refractivity contribution is -0.0525. The van der Waals surface area contributed by atoms with Crippen LogP contribution in [0.15, 0.2) is 0 Å². The minimum Gasteiger partial charge on any atom is -0.395 e. The molecule has 0 saturated carbocycles. The first-order chi connectivity index (χ1) is 9.86. The van der Waals surface area contributed by atoms with Crippen LogP contribution in [0, 0.1) is 0 Å². The summed E-state index contributed by atoms with van der Waals surface area (Å²) in [5.41, 5.74) is 0. The number of rotatable bonds is 6. The van der Waals surface area contributed by atoms with Crippen molar-refractivity contribution < 1.29 is 14.6 Å². The first-order valence-electron chi connectivity index (χ1n) is 8.19. The lowest BCUT2D eigenvalue weighted by Gasteiger charge is -2.31. The molecule has 3 aliphatic heterocycles. The van der Waals surface area contributed by atoms with E-state index in [2.05, 4.69) is 9.80 Å². The van der Waals surface area contributed by atoms with Crippen LogP contribution >= 0.6 is 0 Å². The summed E-state index contributed by atoms with van der Waals surface area (Å²) in [4.78, 5) is 5.09. The van der Waals surface area contributed by atoms with Gasteiger partial charge in [0, 0.05) is 31.6 Å². The van der Waals surface area contributed by atoms with Crippen molar-refractivity contribution in [3.05, 3.63) is 0 Å². The fraction of sp³-hybridized carbons (Fsp3) is 1.00. The van der Waals surface area contributed by atoms with Gasteiger partial charge in [-0.25, -0.2) is 0 Å². The van der Waals surface area contributed by atoms with Crippen LogP contribution in [-0.4, -0.2) is 79.3 Å². The fourth-order valence-corrected chi connectivity index (χ4v) is 3.85. The van der Waals surface area contributed by atoms with Gasteiger partial charge in [0.2, 0.25) is 0 Å². The summed E-state index contributed by atoms with van der Waals surface area (Å²) in [6.45, 7) is 6.38. The molecule has 3 fully saturated rings. The van der Waals surface area contributed by atoms with E-state index >= 15 is 0 Å². The molecule has 3 saturated heterocycles. The van der Waals surface area contributed by atoms with Crippen molar-refractivity contribution in [3.8, 4) is 0 Å². The van der Waals surface area contributed by atoms with Crippen molar-refractivity contribution in [2.45, 2.75) is 50.5 Å². The summed E-state index contributed by atoms with van der Waals surface area (Å²) in [5.74, 6) is 0. The maximum Gasteiger partial charge on any atom is 0.159 e. The summed E-state index contributed by atoms with van der Waals surface area (Å²) in [6.07, 6.45) is 6.00. The van der Waals surface area contributed by atoms with Crippen molar-refractivity contribution in [2.75, 3.05) is 46.0 Å². The van der Waals surface area contributed by atoms with Crippen LogP contribution in [0.5, 0.6) is 0 Å². The van der Waals surface area contributed by atoms with Crippen molar-refractivity contribution in [2.24, 2.45) is 0 Å². The van der Waals surface area contributed by atoms with Crippen molar-refractivity contribution in [1.29, 1.82) is 0 Å². The predicted molar refractivity (Wildman–Crippen MR) is 76.6 cm³/mol. The van der Waals surface area contributed by atoms with E-state index in [1.807, 2.05) is 0 Å². The molecule has 1 N–H and O–H groups in total. The first-order valence-corrected chi connectivity index (χ1v) is 8.19. The average molecular weight is 284 g/mol. The number of likely N-dealkylation sites (tertiary alicyclic amines) is 2. The van der Waals surface area contributed by atoms with Gasteiger partial charge in [-0.15, -0.1) is 0 Å². The lowest BCUT2D eigenvalue weighted by atomic mass is 10.2. The molecule has 0 aromatic carbocycles. The van der Waals surface area contributed by atoms with Crippen LogP contribution < -0.4 is 0 Å². The molecule has 5 heteroatoms. The molecule has 0 bridgehead atoms. The molecule has 0 radical (unpaired) electrons. The summed E-state index contributed by atoms with van der Waals surface area (Å²) in [5, 5.41) is 9.43. The van der Waals surface area contributed by atoms with E-state index in [0.29, 0.717) is 18.7 Å². The number of nitrogens with zero attached hydrogens (tertiary/aromatic N) is 2. The van der Waals surface area contributed by atoms with Crippen molar-refractivity contribution in [1.82, 2.24) is 9.80 Å². The van der Waals surface area contributed by atoms with E-state index in [-0.39, 0.29) is 6.29 Å². The quantitative estimate of drug-likeness (QED) is 0.777. The summed E-state index contributed by atoms with van der Waals surface area (Å²) in [7, 11) is 0. The fourth-order valence-electron chi connectivity index (χ4n) is 3.85. The minimum atomic E-state index is 0.0215. The first kappa shape index (κ1) is 14.7. The zero-order valence-electron chi connectivity index (χ0n) is 12.4. The van der Waals surface area contributed by atoms with Gasteiger partial charge in [-0.1, -0.05) is 0 Å². The smallest absolute Gasteiger partial charge is 0.159 e. The van der Waals surface area contributed by atoms with E-state index in [4.69, 9.17) is 9.47 Å². The summed E-state index contributed by atoms with van der Waals surface area (Å²) in [6, 6.07) is 1.06. The van der Waals surface area contributed by atoms with Gasteiger partial charge in [0.25, 0.3) is 0 Å². The molecule has 116 valence electrons. The zero-order chi connectivity index (χ0) is 13.8. The number of ether oxygens (including phenoxy) is 2. The third kappa shape index (κ3) is 3.52. The maximum absolute atomic E-state index is 9.43. The molecule has 0 spiro atoms. The van der Waals surface area contributed by atoms with Gasteiger partial charge in [-0.2, -0.15) is 0 Å². The van der Waals surface area contributed by atoms with Crippen molar-refractivity contribution >= 4 is 0 Å². The molecule has 0 aliphatic carbocycles. The molecule has 3 rings (SSSR count). The van der Waals surface area contributed by atoms with Gasteiger partial charge in [0.1, 0.15) is 0 Å². The van der Waals surface area contributed by atoms with Gasteiger partial charge in [-0.3, -0.25) is 9.80 Å². The van der Waals surface area contributed by atoms with Crippen LogP contribution in [0.4, 0.5) is 0 Å². The van der Waals surface area contributed by atoms with Crippen LogP contribution in [0.1, 0.15) is 32.1 Å². The Labute approximate surface area is 121 Å². The highest BCUT2D eigenvalue weighted by molar-refractivity contribution is 4.87. The van der Waals surface area contributed by atoms with Crippen LogP contribution in [0.25, 0.3) is 0 Å². The third-order valence-electron chi connectivity index (χ3n) is 5.00. The van der Waals surface area contributed by atoms with Gasteiger partial charge in [0.15, 0.2) is 6.29 Å². The van der Waals surface area contributed by atoms with Gasteiger partial charge >= 0.3 is 0 Å². The monoisotopic (exact) mass is 284 g/mol. The van der Waals surface area contributed by atoms with Crippen molar-refractivity contribution in [3.63, 3.8) is 0 Å². The molecule has 3 heterocycles. The molecule has 2 atom stereocenters. The Morgan fingerprint density at radius 2 is 1.65 bits per heavy atom. The summed E-state index contributed by atoms with van der Waals surface area (Å²) < 4.78 is 11.0. The molecule has 5 nitrogen and oxygen atoms in total. The Balaban J connectivity index is 1.45. The third-order valence-corrected chi connectivity index (χ3v) is 5.00. The highest BCUT2D eigenvalue weighted by Gasteiger charge is 2.31. The van der Waals surface area contributed by atoms with Crippen LogP contribution in [0.3, 0.4) is 0 Å². The molecular weight excluding hydrogens is 256 g/mol. The number of aliphatic hydroxyl groups excluding tert-OH is 1. The van der Waals surface area contributed by atoms with Gasteiger partial charge in [-0.05, 0) is 38.8 Å². The van der Waals surface area contributed by atoms with E-state index in [1.54, 1.807) is 0 Å². The number of hydrogen-bond acceptors (Lipinski definition) is 5. The predicted octanol–water partition coefficient (Wildman–Crippen LogP) is 0.671. The van der Waals surface area contributed by atoms with Gasteiger partial charge in [0.05, 0.1) is 19.8 Å². The highest BCUT2D eigenvalue weighted by atomic mass is 16.7. The topological polar surface area (TPSA) is 45.2 Å².